The van der Waals surface area contributed by atoms with E-state index in [1.165, 1.54) is 44.5 Å². The number of rotatable bonds is 24. The number of nitrogens with zero attached hydrogens (tertiary/aromatic N) is 4. The molecule has 13 aromatic carbocycles. The van der Waals surface area contributed by atoms with Crippen LogP contribution in [-0.4, -0.2) is 0 Å². The Hall–Kier alpha value is -11.3. The van der Waals surface area contributed by atoms with E-state index in [4.69, 9.17) is 11.5 Å². The lowest BCUT2D eigenvalue weighted by Gasteiger charge is -2.28. The van der Waals surface area contributed by atoms with Gasteiger partial charge in [-0.1, -0.05) is 291 Å². The number of hydrogen-bond acceptors (Lipinski definition) is 6. The van der Waals surface area contributed by atoms with Crippen LogP contribution in [0.15, 0.2) is 340 Å². The van der Waals surface area contributed by atoms with Crippen LogP contribution in [0.5, 0.6) is 0 Å². The largest absolute Gasteiger partial charge is 0.398 e. The van der Waals surface area contributed by atoms with E-state index >= 15 is 0 Å². The highest BCUT2D eigenvalue weighted by Crippen LogP contribution is 2.53. The number of anilines is 6. The lowest BCUT2D eigenvalue weighted by atomic mass is 9.82. The second kappa shape index (κ2) is 28.9. The summed E-state index contributed by atoms with van der Waals surface area (Å²) in [6.45, 7) is 5.93. The van der Waals surface area contributed by atoms with Crippen molar-refractivity contribution in [1.82, 2.24) is 0 Å². The molecular formula is C86H76N6. The first-order valence-corrected chi connectivity index (χ1v) is 31.9. The third kappa shape index (κ3) is 14.5. The van der Waals surface area contributed by atoms with Crippen LogP contribution in [0.2, 0.25) is 0 Å². The van der Waals surface area contributed by atoms with Gasteiger partial charge in [0.25, 0.3) is 0 Å². The van der Waals surface area contributed by atoms with Gasteiger partial charge in [0.1, 0.15) is 0 Å². The third-order valence-corrected chi connectivity index (χ3v) is 17.4. The average molecular weight is 1190 g/mol. The van der Waals surface area contributed by atoms with Crippen LogP contribution in [0.4, 0.5) is 34.1 Å². The minimum Gasteiger partial charge on any atom is -0.398 e. The molecule has 0 aliphatic rings. The summed E-state index contributed by atoms with van der Waals surface area (Å²) in [5, 5.41) is 0. The second-order valence-corrected chi connectivity index (χ2v) is 23.8. The molecule has 0 saturated heterocycles. The van der Waals surface area contributed by atoms with E-state index in [1.54, 1.807) is 0 Å². The molecule has 0 radical (unpaired) electrons. The molecule has 6 nitrogen and oxygen atoms in total. The lowest BCUT2D eigenvalue weighted by Crippen LogP contribution is -2.22. The van der Waals surface area contributed by atoms with Crippen LogP contribution in [0.3, 0.4) is 0 Å². The van der Waals surface area contributed by atoms with Crippen molar-refractivity contribution >= 4 is 34.1 Å². The molecule has 0 aliphatic carbocycles. The molecule has 0 fully saturated rings. The fraction of sp³-hybridized carbons (Fsp3) is 0.0930. The first kappa shape index (κ1) is 59.6. The Morgan fingerprint density at radius 2 is 0.293 bits per heavy atom. The fourth-order valence-electron chi connectivity index (χ4n) is 12.7. The van der Waals surface area contributed by atoms with Gasteiger partial charge in [-0.3, -0.25) is 0 Å². The maximum Gasteiger partial charge on any atom is 0.0487 e. The Labute approximate surface area is 543 Å². The Bertz CT molecular complexity index is 3660. The van der Waals surface area contributed by atoms with Gasteiger partial charge in [0.15, 0.2) is 0 Å². The van der Waals surface area contributed by atoms with Crippen LogP contribution >= 0.6 is 0 Å². The van der Waals surface area contributed by atoms with Gasteiger partial charge in [-0.05, 0) is 115 Å². The summed E-state index contributed by atoms with van der Waals surface area (Å²) in [7, 11) is 0. The Morgan fingerprint density at radius 1 is 0.163 bits per heavy atom. The van der Waals surface area contributed by atoms with Crippen molar-refractivity contribution in [1.29, 1.82) is 0 Å². The average Bonchev–Trinajstić information content (AvgIpc) is 0.767. The summed E-state index contributed by atoms with van der Waals surface area (Å²) in [4.78, 5) is 9.79. The smallest absolute Gasteiger partial charge is 0.0487 e. The van der Waals surface area contributed by atoms with Crippen molar-refractivity contribution < 1.29 is 0 Å². The summed E-state index contributed by atoms with van der Waals surface area (Å²) in [5.41, 5.74) is 39.3. The van der Waals surface area contributed by atoms with Crippen molar-refractivity contribution in [3.05, 3.63) is 384 Å². The number of nitrogens with two attached hydrogens (primary N) is 2. The molecule has 0 saturated carbocycles. The molecule has 0 atom stereocenters. The van der Waals surface area contributed by atoms with Crippen LogP contribution in [0, 0.1) is 0 Å². The molecule has 4 N–H and O–H groups in total. The monoisotopic (exact) mass is 1190 g/mol. The standard InChI is InChI=1S/C86H76N6/c87-85-81(73-41-49-77(50-42-73)89(57-65-25-9-1-10-26-65)58-66-27-11-2-12-28-66)82(74-43-51-78(52-44-74)90(59-67-29-13-3-14-30-67)60-68-31-15-4-16-32-68)86(88)84(76-47-55-80(56-48-76)92(63-71-37-21-7-22-38-71)64-72-39-23-8-24-40-72)83(85)75-45-53-79(54-46-75)91(61-69-33-17-5-18-34-69)62-70-35-19-6-20-36-70/h1-56H,57-64,87-88H2. The van der Waals surface area contributed by atoms with Crippen LogP contribution in [0.25, 0.3) is 44.5 Å². The molecule has 92 heavy (non-hydrogen) atoms. The zero-order valence-corrected chi connectivity index (χ0v) is 51.9. The number of nitrogen functional groups attached to an aromatic ring is 2. The highest BCUT2D eigenvalue weighted by atomic mass is 15.1. The van der Waals surface area contributed by atoms with Crippen LogP contribution in [0.1, 0.15) is 44.5 Å². The predicted octanol–water partition coefficient (Wildman–Crippen LogP) is 20.3. The van der Waals surface area contributed by atoms with E-state index in [1.807, 2.05) is 0 Å². The maximum absolute atomic E-state index is 8.10. The molecule has 0 spiro atoms. The minimum atomic E-state index is 0.651. The number of benzene rings is 13. The summed E-state index contributed by atoms with van der Waals surface area (Å²) in [5.74, 6) is 0. The van der Waals surface area contributed by atoms with Crippen molar-refractivity contribution in [3.8, 4) is 44.5 Å². The molecule has 0 aromatic heterocycles. The summed E-state index contributed by atoms with van der Waals surface area (Å²) >= 11 is 0. The zero-order valence-electron chi connectivity index (χ0n) is 51.9. The molecule has 0 aliphatic heterocycles. The van der Waals surface area contributed by atoms with Crippen molar-refractivity contribution in [3.63, 3.8) is 0 Å². The molecular weight excluding hydrogens is 1120 g/mol. The van der Waals surface area contributed by atoms with Gasteiger partial charge in [-0.2, -0.15) is 0 Å². The van der Waals surface area contributed by atoms with Crippen molar-refractivity contribution in [2.24, 2.45) is 0 Å². The van der Waals surface area contributed by atoms with E-state index in [-0.39, 0.29) is 0 Å². The zero-order chi connectivity index (χ0) is 62.3. The van der Waals surface area contributed by atoms with Gasteiger partial charge in [-0.25, -0.2) is 0 Å². The third-order valence-electron chi connectivity index (χ3n) is 17.4. The quantitative estimate of drug-likeness (QED) is 0.0588. The van der Waals surface area contributed by atoms with Crippen molar-refractivity contribution in [2.75, 3.05) is 31.1 Å². The molecule has 13 rings (SSSR count). The highest BCUT2D eigenvalue weighted by Gasteiger charge is 2.27. The van der Waals surface area contributed by atoms with E-state index in [2.05, 4.69) is 359 Å². The van der Waals surface area contributed by atoms with E-state index in [0.717, 1.165) is 120 Å². The minimum absolute atomic E-state index is 0.651. The van der Waals surface area contributed by atoms with Gasteiger partial charge >= 0.3 is 0 Å². The Balaban J connectivity index is 0.982. The van der Waals surface area contributed by atoms with Gasteiger partial charge in [0.05, 0.1) is 0 Å². The van der Waals surface area contributed by atoms with Gasteiger partial charge in [0, 0.05) is 109 Å². The summed E-state index contributed by atoms with van der Waals surface area (Å²) in [6.07, 6.45) is 0. The molecule has 6 heteroatoms. The normalized spacial score (nSPS) is 11.0. The first-order chi connectivity index (χ1) is 45.4. The van der Waals surface area contributed by atoms with Crippen LogP contribution < -0.4 is 31.1 Å². The lowest BCUT2D eigenvalue weighted by molar-refractivity contribution is 0.800. The Kier molecular flexibility index (Phi) is 18.7. The molecule has 0 unspecified atom stereocenters. The maximum atomic E-state index is 8.10. The Morgan fingerprint density at radius 3 is 0.424 bits per heavy atom. The van der Waals surface area contributed by atoms with Crippen molar-refractivity contribution in [2.45, 2.75) is 52.4 Å². The van der Waals surface area contributed by atoms with Gasteiger partial charge in [0.2, 0.25) is 0 Å². The summed E-state index contributed by atoms with van der Waals surface area (Å²) < 4.78 is 0. The first-order valence-electron chi connectivity index (χ1n) is 31.9. The topological polar surface area (TPSA) is 65.0 Å². The van der Waals surface area contributed by atoms with E-state index in [9.17, 15) is 0 Å². The second-order valence-electron chi connectivity index (χ2n) is 23.8. The molecule has 0 bridgehead atoms. The highest BCUT2D eigenvalue weighted by molar-refractivity contribution is 6.12. The van der Waals surface area contributed by atoms with E-state index in [0.29, 0.717) is 11.4 Å². The van der Waals surface area contributed by atoms with Crippen LogP contribution in [-0.2, 0) is 52.4 Å². The van der Waals surface area contributed by atoms with E-state index < -0.39 is 0 Å². The van der Waals surface area contributed by atoms with Gasteiger partial charge in [-0.15, -0.1) is 0 Å². The SMILES string of the molecule is Nc1c(-c2ccc(N(Cc3ccccc3)Cc3ccccc3)cc2)c(-c2ccc(N(Cc3ccccc3)Cc3ccccc3)cc2)c(N)c(-c2ccc(N(Cc3ccccc3)Cc3ccccc3)cc2)c1-c1ccc(N(Cc2ccccc2)Cc2ccccc2)cc1. The fourth-order valence-corrected chi connectivity index (χ4v) is 12.7. The predicted molar refractivity (Wildman–Crippen MR) is 388 cm³/mol. The molecule has 0 amide bonds. The molecule has 13 aromatic rings. The molecule has 0 heterocycles. The molecule has 450 valence electrons. The summed E-state index contributed by atoms with van der Waals surface area (Å²) in [6, 6.07) is 122. The number of hydrogen-bond donors (Lipinski definition) is 2. The van der Waals surface area contributed by atoms with Gasteiger partial charge < -0.3 is 31.1 Å².